The summed E-state index contributed by atoms with van der Waals surface area (Å²) in [6.07, 6.45) is 3.49. The predicted molar refractivity (Wildman–Crippen MR) is 100 cm³/mol. The number of benzene rings is 1. The first-order chi connectivity index (χ1) is 10.3. The van der Waals surface area contributed by atoms with E-state index >= 15 is 0 Å². The molecule has 0 atom stereocenters. The van der Waals surface area contributed by atoms with Crippen molar-refractivity contribution in [2.75, 3.05) is 26.2 Å². The first-order valence-corrected chi connectivity index (χ1v) is 7.61. The van der Waals surface area contributed by atoms with E-state index in [4.69, 9.17) is 5.73 Å². The van der Waals surface area contributed by atoms with Crippen molar-refractivity contribution in [2.24, 2.45) is 10.7 Å². The van der Waals surface area contributed by atoms with Gasteiger partial charge in [-0.25, -0.2) is 0 Å². The van der Waals surface area contributed by atoms with Gasteiger partial charge in [0.05, 0.1) is 0 Å². The van der Waals surface area contributed by atoms with E-state index in [0.29, 0.717) is 18.9 Å². The third kappa shape index (κ3) is 6.64. The van der Waals surface area contributed by atoms with Gasteiger partial charge in [-0.3, -0.25) is 9.79 Å². The molecule has 1 heterocycles. The van der Waals surface area contributed by atoms with Crippen LogP contribution in [0.2, 0.25) is 0 Å². The molecule has 5 nitrogen and oxygen atoms in total. The molecular formula is C16H25IN4O. The molecule has 6 heteroatoms. The van der Waals surface area contributed by atoms with Gasteiger partial charge in [0.2, 0.25) is 5.91 Å². The fourth-order valence-electron chi connectivity index (χ4n) is 2.44. The standard InChI is InChI=1S/C16H24N4O.HI/c17-16(19-11-9-14-6-2-1-3-7-14)18-10-5-13-20-12-4-8-15(20)21;/h1-3,6-7H,4-5,8-13H2,(H3,17,18,19);1H. The second kappa shape index (κ2) is 10.4. The van der Waals surface area contributed by atoms with Crippen LogP contribution in [0.4, 0.5) is 0 Å². The first kappa shape index (κ1) is 18.7. The van der Waals surface area contributed by atoms with Crippen LogP contribution in [0.3, 0.4) is 0 Å². The molecule has 0 aliphatic carbocycles. The molecule has 3 N–H and O–H groups in total. The Hall–Kier alpha value is -1.31. The van der Waals surface area contributed by atoms with Crippen LogP contribution >= 0.6 is 24.0 Å². The van der Waals surface area contributed by atoms with Crippen LogP contribution in [0.1, 0.15) is 24.8 Å². The summed E-state index contributed by atoms with van der Waals surface area (Å²) in [5.74, 6) is 0.756. The Bertz CT molecular complexity index is 478. The number of nitrogens with zero attached hydrogens (tertiary/aromatic N) is 2. The number of amides is 1. The fourth-order valence-corrected chi connectivity index (χ4v) is 2.44. The Balaban J connectivity index is 0.00000242. The van der Waals surface area contributed by atoms with Gasteiger partial charge in [0.15, 0.2) is 5.96 Å². The minimum atomic E-state index is 0. The van der Waals surface area contributed by atoms with Gasteiger partial charge in [-0.15, -0.1) is 24.0 Å². The third-order valence-corrected chi connectivity index (χ3v) is 3.60. The lowest BCUT2D eigenvalue weighted by Crippen LogP contribution is -2.33. The first-order valence-electron chi connectivity index (χ1n) is 7.61. The van der Waals surface area contributed by atoms with Crippen LogP contribution in [0.15, 0.2) is 35.3 Å². The summed E-state index contributed by atoms with van der Waals surface area (Å²) in [6.45, 7) is 3.13. The smallest absolute Gasteiger partial charge is 0.222 e. The van der Waals surface area contributed by atoms with E-state index in [1.54, 1.807) is 0 Å². The number of guanidine groups is 1. The maximum absolute atomic E-state index is 11.4. The molecule has 0 saturated carbocycles. The molecule has 1 aliphatic heterocycles. The lowest BCUT2D eigenvalue weighted by atomic mass is 10.1. The van der Waals surface area contributed by atoms with Gasteiger partial charge in [-0.2, -0.15) is 0 Å². The number of hydrogen-bond acceptors (Lipinski definition) is 2. The van der Waals surface area contributed by atoms with Gasteiger partial charge in [0.1, 0.15) is 0 Å². The summed E-state index contributed by atoms with van der Waals surface area (Å²) >= 11 is 0. The summed E-state index contributed by atoms with van der Waals surface area (Å²) < 4.78 is 0. The molecule has 1 aliphatic rings. The van der Waals surface area contributed by atoms with Gasteiger partial charge >= 0.3 is 0 Å². The van der Waals surface area contributed by atoms with Crippen molar-refractivity contribution in [2.45, 2.75) is 25.7 Å². The molecule has 0 radical (unpaired) electrons. The lowest BCUT2D eigenvalue weighted by molar-refractivity contribution is -0.127. The number of carbonyl (C=O) groups excluding carboxylic acids is 1. The molecule has 122 valence electrons. The van der Waals surface area contributed by atoms with E-state index in [0.717, 1.165) is 38.9 Å². The molecule has 0 spiro atoms. The third-order valence-electron chi connectivity index (χ3n) is 3.60. The van der Waals surface area contributed by atoms with Gasteiger partial charge < -0.3 is 16.0 Å². The zero-order valence-corrected chi connectivity index (χ0v) is 15.2. The number of aliphatic imine (C=N–C) groups is 1. The van der Waals surface area contributed by atoms with E-state index in [-0.39, 0.29) is 29.9 Å². The highest BCUT2D eigenvalue weighted by Crippen LogP contribution is 2.09. The summed E-state index contributed by atoms with van der Waals surface area (Å²) in [6, 6.07) is 10.3. The second-order valence-electron chi connectivity index (χ2n) is 5.27. The number of carbonyl (C=O) groups is 1. The molecule has 0 unspecified atom stereocenters. The average molecular weight is 416 g/mol. The lowest BCUT2D eigenvalue weighted by Gasteiger charge is -2.14. The molecule has 0 aromatic heterocycles. The number of nitrogens with one attached hydrogen (secondary N) is 1. The molecule has 1 aromatic rings. The van der Waals surface area contributed by atoms with Gasteiger partial charge in [0.25, 0.3) is 0 Å². The van der Waals surface area contributed by atoms with Gasteiger partial charge in [0, 0.05) is 32.6 Å². The second-order valence-corrected chi connectivity index (χ2v) is 5.27. The van der Waals surface area contributed by atoms with E-state index in [2.05, 4.69) is 22.4 Å². The molecule has 1 saturated heterocycles. The van der Waals surface area contributed by atoms with Crippen molar-refractivity contribution < 1.29 is 4.79 Å². The van der Waals surface area contributed by atoms with Crippen molar-refractivity contribution in [3.8, 4) is 0 Å². The fraction of sp³-hybridized carbons (Fsp3) is 0.500. The topological polar surface area (TPSA) is 70.7 Å². The molecular weight excluding hydrogens is 391 g/mol. The van der Waals surface area contributed by atoms with Crippen molar-refractivity contribution >= 4 is 35.8 Å². The maximum atomic E-state index is 11.4. The number of nitrogens with two attached hydrogens (primary N) is 1. The Morgan fingerprint density at radius 2 is 2.09 bits per heavy atom. The normalized spacial score (nSPS) is 14.8. The van der Waals surface area contributed by atoms with Crippen LogP contribution in [-0.4, -0.2) is 42.9 Å². The Morgan fingerprint density at radius 1 is 1.32 bits per heavy atom. The van der Waals surface area contributed by atoms with E-state index in [1.165, 1.54) is 5.56 Å². The van der Waals surface area contributed by atoms with Crippen LogP contribution in [0.5, 0.6) is 0 Å². The highest BCUT2D eigenvalue weighted by atomic mass is 127. The van der Waals surface area contributed by atoms with Crippen LogP contribution in [0, 0.1) is 0 Å². The minimum Gasteiger partial charge on any atom is -0.370 e. The van der Waals surface area contributed by atoms with E-state index in [9.17, 15) is 4.79 Å². The van der Waals surface area contributed by atoms with Crippen molar-refractivity contribution in [1.82, 2.24) is 10.2 Å². The summed E-state index contributed by atoms with van der Waals surface area (Å²) in [7, 11) is 0. The number of rotatable bonds is 7. The summed E-state index contributed by atoms with van der Waals surface area (Å²) in [5.41, 5.74) is 7.10. The molecule has 1 amide bonds. The Morgan fingerprint density at radius 3 is 2.77 bits per heavy atom. The number of likely N-dealkylation sites (tertiary alicyclic amines) is 1. The summed E-state index contributed by atoms with van der Waals surface area (Å²) in [4.78, 5) is 17.6. The largest absolute Gasteiger partial charge is 0.370 e. The quantitative estimate of drug-likeness (QED) is 0.308. The summed E-state index contributed by atoms with van der Waals surface area (Å²) in [5, 5.41) is 3.12. The van der Waals surface area contributed by atoms with Crippen LogP contribution in [-0.2, 0) is 11.2 Å². The minimum absolute atomic E-state index is 0. The average Bonchev–Trinajstić information content (AvgIpc) is 2.90. The van der Waals surface area contributed by atoms with E-state index in [1.807, 2.05) is 23.1 Å². The van der Waals surface area contributed by atoms with Gasteiger partial charge in [-0.05, 0) is 24.8 Å². The molecule has 1 aromatic carbocycles. The Labute approximate surface area is 149 Å². The highest BCUT2D eigenvalue weighted by Gasteiger charge is 2.18. The zero-order valence-electron chi connectivity index (χ0n) is 12.8. The van der Waals surface area contributed by atoms with Crippen molar-refractivity contribution in [3.05, 3.63) is 35.9 Å². The maximum Gasteiger partial charge on any atom is 0.222 e. The molecule has 2 rings (SSSR count). The monoisotopic (exact) mass is 416 g/mol. The predicted octanol–water partition coefficient (Wildman–Crippen LogP) is 1.76. The molecule has 1 fully saturated rings. The Kier molecular flexibility index (Phi) is 8.88. The zero-order chi connectivity index (χ0) is 14.9. The van der Waals surface area contributed by atoms with Crippen LogP contribution < -0.4 is 11.1 Å². The molecule has 22 heavy (non-hydrogen) atoms. The molecule has 0 bridgehead atoms. The van der Waals surface area contributed by atoms with Crippen LogP contribution in [0.25, 0.3) is 0 Å². The highest BCUT2D eigenvalue weighted by molar-refractivity contribution is 14.0. The van der Waals surface area contributed by atoms with Crippen molar-refractivity contribution in [3.63, 3.8) is 0 Å². The number of halogens is 1. The SMILES string of the molecule is I.NC(=NCCCN1CCCC1=O)NCCc1ccccc1. The number of hydrogen-bond donors (Lipinski definition) is 2. The van der Waals surface area contributed by atoms with E-state index < -0.39 is 0 Å². The van der Waals surface area contributed by atoms with Crippen molar-refractivity contribution in [1.29, 1.82) is 0 Å². The van der Waals surface area contributed by atoms with Gasteiger partial charge in [-0.1, -0.05) is 30.3 Å².